The van der Waals surface area contributed by atoms with Gasteiger partial charge in [-0.25, -0.2) is 0 Å². The topological polar surface area (TPSA) is 35.6 Å². The first-order valence-corrected chi connectivity index (χ1v) is 7.29. The van der Waals surface area contributed by atoms with Crippen LogP contribution in [0.25, 0.3) is 0 Å². The number of amides is 1. The van der Waals surface area contributed by atoms with Crippen LogP contribution in [0.1, 0.15) is 45.4 Å². The largest absolute Gasteiger partial charge is 0.327 e. The normalized spacial score (nSPS) is 27.4. The highest BCUT2D eigenvalue weighted by Crippen LogP contribution is 2.35. The number of nitrogens with zero attached hydrogens (tertiary/aromatic N) is 2. The van der Waals surface area contributed by atoms with E-state index in [2.05, 4.69) is 31.2 Å². The number of hydrogen-bond donors (Lipinski definition) is 1. The predicted octanol–water partition coefficient (Wildman–Crippen LogP) is 1.42. The first-order valence-electron chi connectivity index (χ1n) is 7.29. The van der Waals surface area contributed by atoms with E-state index in [4.69, 9.17) is 0 Å². The molecule has 0 aromatic rings. The smallest absolute Gasteiger partial charge is 0.240 e. The minimum atomic E-state index is 0.0654. The standard InChI is InChI=1S/C14H27N3O/c1-4-7-12-13(18)17(11-15-12)10-14(16(2)3)8-5-6-9-14/h12,15H,4-11H2,1-3H3. The number of carbonyl (C=O) groups is 1. The van der Waals surface area contributed by atoms with Crippen molar-refractivity contribution in [1.29, 1.82) is 0 Å². The second-order valence-corrected chi connectivity index (χ2v) is 6.07. The van der Waals surface area contributed by atoms with Gasteiger partial charge in [-0.2, -0.15) is 0 Å². The van der Waals surface area contributed by atoms with E-state index in [9.17, 15) is 4.79 Å². The highest BCUT2D eigenvalue weighted by atomic mass is 16.2. The molecule has 4 heteroatoms. The number of hydrogen-bond acceptors (Lipinski definition) is 3. The van der Waals surface area contributed by atoms with Crippen LogP contribution in [0.4, 0.5) is 0 Å². The average molecular weight is 253 g/mol. The van der Waals surface area contributed by atoms with E-state index in [-0.39, 0.29) is 11.6 Å². The van der Waals surface area contributed by atoms with Crippen LogP contribution >= 0.6 is 0 Å². The SMILES string of the molecule is CCCC1NCN(CC2(N(C)C)CCCC2)C1=O. The van der Waals surface area contributed by atoms with E-state index >= 15 is 0 Å². The van der Waals surface area contributed by atoms with Crippen LogP contribution in [0.15, 0.2) is 0 Å². The van der Waals surface area contributed by atoms with Crippen LogP contribution in [0, 0.1) is 0 Å². The van der Waals surface area contributed by atoms with E-state index in [1.807, 2.05) is 4.90 Å². The molecule has 18 heavy (non-hydrogen) atoms. The summed E-state index contributed by atoms with van der Waals surface area (Å²) < 4.78 is 0. The van der Waals surface area contributed by atoms with Crippen molar-refractivity contribution in [3.05, 3.63) is 0 Å². The summed E-state index contributed by atoms with van der Waals surface area (Å²) in [5.41, 5.74) is 0.221. The molecule has 1 N–H and O–H groups in total. The minimum absolute atomic E-state index is 0.0654. The van der Waals surface area contributed by atoms with Gasteiger partial charge in [0, 0.05) is 12.1 Å². The lowest BCUT2D eigenvalue weighted by atomic mass is 9.95. The third kappa shape index (κ3) is 2.54. The van der Waals surface area contributed by atoms with Gasteiger partial charge in [0.05, 0.1) is 12.7 Å². The molecular formula is C14H27N3O. The Bertz CT molecular complexity index is 297. The van der Waals surface area contributed by atoms with Crippen LogP contribution in [0.3, 0.4) is 0 Å². The van der Waals surface area contributed by atoms with Gasteiger partial charge in [0.25, 0.3) is 0 Å². The Kier molecular flexibility index (Phi) is 4.28. The Labute approximate surface area is 111 Å². The molecule has 1 atom stereocenters. The maximum Gasteiger partial charge on any atom is 0.240 e. The highest BCUT2D eigenvalue weighted by Gasteiger charge is 2.41. The van der Waals surface area contributed by atoms with Gasteiger partial charge in [-0.15, -0.1) is 0 Å². The summed E-state index contributed by atoms with van der Waals surface area (Å²) in [5.74, 6) is 0.310. The van der Waals surface area contributed by atoms with Crippen LogP contribution in [-0.4, -0.2) is 54.6 Å². The van der Waals surface area contributed by atoms with Gasteiger partial charge >= 0.3 is 0 Å². The number of rotatable bonds is 5. The van der Waals surface area contributed by atoms with Crippen LogP contribution < -0.4 is 5.32 Å². The fraction of sp³-hybridized carbons (Fsp3) is 0.929. The predicted molar refractivity (Wildman–Crippen MR) is 73.3 cm³/mol. The second kappa shape index (κ2) is 5.57. The summed E-state index contributed by atoms with van der Waals surface area (Å²) in [6.45, 7) is 3.76. The Hall–Kier alpha value is -0.610. The number of nitrogens with one attached hydrogen (secondary N) is 1. The molecule has 0 bridgehead atoms. The van der Waals surface area contributed by atoms with Crippen molar-refractivity contribution in [3.8, 4) is 0 Å². The van der Waals surface area contributed by atoms with Crippen molar-refractivity contribution < 1.29 is 4.79 Å². The van der Waals surface area contributed by atoms with Crippen molar-refractivity contribution in [3.63, 3.8) is 0 Å². The molecule has 0 aromatic heterocycles. The monoisotopic (exact) mass is 253 g/mol. The molecule has 2 rings (SSSR count). The maximum absolute atomic E-state index is 12.3. The van der Waals surface area contributed by atoms with Gasteiger partial charge in [-0.1, -0.05) is 26.2 Å². The summed E-state index contributed by atoms with van der Waals surface area (Å²) in [6, 6.07) is 0.0654. The van der Waals surface area contributed by atoms with Gasteiger partial charge in [0.1, 0.15) is 0 Å². The summed E-state index contributed by atoms with van der Waals surface area (Å²) in [6.07, 6.45) is 7.07. The third-order valence-corrected chi connectivity index (χ3v) is 4.68. The van der Waals surface area contributed by atoms with Gasteiger partial charge in [-0.05, 0) is 33.4 Å². The summed E-state index contributed by atoms with van der Waals surface area (Å²) in [5, 5.41) is 3.35. The molecule has 0 radical (unpaired) electrons. The molecule has 2 fully saturated rings. The minimum Gasteiger partial charge on any atom is -0.327 e. The van der Waals surface area contributed by atoms with Crippen molar-refractivity contribution in [1.82, 2.24) is 15.1 Å². The van der Waals surface area contributed by atoms with Crippen LogP contribution in [0.5, 0.6) is 0 Å². The molecule has 104 valence electrons. The molecule has 0 aromatic carbocycles. The molecular weight excluding hydrogens is 226 g/mol. The zero-order valence-corrected chi connectivity index (χ0v) is 12.0. The van der Waals surface area contributed by atoms with Crippen LogP contribution in [0.2, 0.25) is 0 Å². The lowest BCUT2D eigenvalue weighted by Crippen LogP contribution is -2.51. The number of carbonyl (C=O) groups excluding carboxylic acids is 1. The zero-order chi connectivity index (χ0) is 13.2. The van der Waals surface area contributed by atoms with Crippen molar-refractivity contribution in [2.24, 2.45) is 0 Å². The molecule has 1 aliphatic carbocycles. The summed E-state index contributed by atoms with van der Waals surface area (Å²) in [4.78, 5) is 16.7. The quantitative estimate of drug-likeness (QED) is 0.805. The molecule has 0 spiro atoms. The van der Waals surface area contributed by atoms with Crippen molar-refractivity contribution >= 4 is 5.91 Å². The molecule has 1 aliphatic heterocycles. The van der Waals surface area contributed by atoms with Gasteiger partial charge in [0.2, 0.25) is 5.91 Å². The maximum atomic E-state index is 12.3. The lowest BCUT2D eigenvalue weighted by Gasteiger charge is -2.39. The summed E-state index contributed by atoms with van der Waals surface area (Å²) >= 11 is 0. The van der Waals surface area contributed by atoms with Crippen molar-refractivity contribution in [2.45, 2.75) is 57.0 Å². The first-order chi connectivity index (χ1) is 8.59. The van der Waals surface area contributed by atoms with E-state index in [0.717, 1.165) is 26.1 Å². The van der Waals surface area contributed by atoms with Crippen molar-refractivity contribution in [2.75, 3.05) is 27.3 Å². The van der Waals surface area contributed by atoms with Gasteiger partial charge in [0.15, 0.2) is 0 Å². The number of likely N-dealkylation sites (N-methyl/N-ethyl adjacent to an activating group) is 1. The molecule has 1 saturated heterocycles. The van der Waals surface area contributed by atoms with E-state index in [1.165, 1.54) is 25.7 Å². The third-order valence-electron chi connectivity index (χ3n) is 4.68. The van der Waals surface area contributed by atoms with E-state index in [0.29, 0.717) is 5.91 Å². The Balaban J connectivity index is 1.99. The second-order valence-electron chi connectivity index (χ2n) is 6.07. The van der Waals surface area contributed by atoms with E-state index < -0.39 is 0 Å². The highest BCUT2D eigenvalue weighted by molar-refractivity contribution is 5.83. The fourth-order valence-corrected chi connectivity index (χ4v) is 3.39. The summed E-state index contributed by atoms with van der Waals surface area (Å²) in [7, 11) is 4.31. The molecule has 2 aliphatic rings. The molecule has 4 nitrogen and oxygen atoms in total. The molecule has 1 amide bonds. The fourth-order valence-electron chi connectivity index (χ4n) is 3.39. The van der Waals surface area contributed by atoms with Gasteiger partial charge < -0.3 is 9.80 Å². The lowest BCUT2D eigenvalue weighted by molar-refractivity contribution is -0.130. The van der Waals surface area contributed by atoms with Gasteiger partial charge in [-0.3, -0.25) is 10.1 Å². The average Bonchev–Trinajstić information content (AvgIpc) is 2.92. The zero-order valence-electron chi connectivity index (χ0n) is 12.0. The van der Waals surface area contributed by atoms with Crippen LogP contribution in [-0.2, 0) is 4.79 Å². The first kappa shape index (κ1) is 13.8. The Morgan fingerprint density at radius 2 is 2.06 bits per heavy atom. The molecule has 1 saturated carbocycles. The van der Waals surface area contributed by atoms with E-state index in [1.54, 1.807) is 0 Å². The Morgan fingerprint density at radius 3 is 2.61 bits per heavy atom. The Morgan fingerprint density at radius 1 is 1.39 bits per heavy atom. The molecule has 1 unspecified atom stereocenters. The molecule has 1 heterocycles.